The van der Waals surface area contributed by atoms with Gasteiger partial charge in [-0.2, -0.15) is 0 Å². The molecule has 5 heteroatoms. The number of amides is 1. The van der Waals surface area contributed by atoms with E-state index in [2.05, 4.69) is 22.8 Å². The Kier molecular flexibility index (Phi) is 3.57. The zero-order valence-corrected chi connectivity index (χ0v) is 14.4. The van der Waals surface area contributed by atoms with E-state index in [9.17, 15) is 9.59 Å². The summed E-state index contributed by atoms with van der Waals surface area (Å²) in [5, 5.41) is 6.49. The molecule has 0 aliphatic carbocycles. The van der Waals surface area contributed by atoms with Crippen LogP contribution in [0.4, 0.5) is 0 Å². The maximum Gasteiger partial charge on any atom is 0.251 e. The highest BCUT2D eigenvalue weighted by Gasteiger charge is 2.34. The molecule has 1 saturated heterocycles. The second kappa shape index (κ2) is 5.95. The minimum atomic E-state index is -0.00591. The first-order valence-electron chi connectivity index (χ1n) is 9.14. The number of carbonyl (C=O) groups is 2. The Balaban J connectivity index is 1.58. The van der Waals surface area contributed by atoms with Crippen molar-refractivity contribution in [2.24, 2.45) is 5.92 Å². The molecule has 2 atom stereocenters. The molecule has 0 aromatic heterocycles. The molecule has 0 unspecified atom stereocenters. The van der Waals surface area contributed by atoms with Crippen LogP contribution in [0.15, 0.2) is 36.4 Å². The smallest absolute Gasteiger partial charge is 0.251 e. The fourth-order valence-electron chi connectivity index (χ4n) is 4.33. The number of fused-ring (bicyclic) bond motifs is 4. The van der Waals surface area contributed by atoms with Crippen molar-refractivity contribution >= 4 is 11.7 Å². The summed E-state index contributed by atoms with van der Waals surface area (Å²) in [5.74, 6) is 1.58. The third-order valence-electron chi connectivity index (χ3n) is 5.76. The molecule has 2 N–H and O–H groups in total. The van der Waals surface area contributed by atoms with Gasteiger partial charge in [-0.1, -0.05) is 18.2 Å². The van der Waals surface area contributed by atoms with Gasteiger partial charge in [0.15, 0.2) is 5.78 Å². The lowest BCUT2D eigenvalue weighted by Gasteiger charge is -2.18. The number of hydrogen-bond donors (Lipinski definition) is 2. The van der Waals surface area contributed by atoms with Crippen molar-refractivity contribution in [3.8, 4) is 16.9 Å². The Morgan fingerprint density at radius 2 is 1.73 bits per heavy atom. The van der Waals surface area contributed by atoms with E-state index < -0.39 is 0 Å². The fraction of sp³-hybridized carbons (Fsp3) is 0.333. The maximum atomic E-state index is 12.6. The Morgan fingerprint density at radius 1 is 0.923 bits per heavy atom. The first-order chi connectivity index (χ1) is 12.7. The van der Waals surface area contributed by atoms with E-state index >= 15 is 0 Å². The van der Waals surface area contributed by atoms with Crippen molar-refractivity contribution in [1.82, 2.24) is 10.6 Å². The van der Waals surface area contributed by atoms with Crippen molar-refractivity contribution in [2.45, 2.75) is 12.3 Å². The van der Waals surface area contributed by atoms with Crippen molar-refractivity contribution < 1.29 is 14.3 Å². The Morgan fingerprint density at radius 3 is 2.62 bits per heavy atom. The second-order valence-electron chi connectivity index (χ2n) is 7.27. The average Bonchev–Trinajstić information content (AvgIpc) is 3.09. The molecule has 26 heavy (non-hydrogen) atoms. The normalized spacial score (nSPS) is 24.0. The summed E-state index contributed by atoms with van der Waals surface area (Å²) in [4.78, 5) is 24.8. The van der Waals surface area contributed by atoms with E-state index in [1.165, 1.54) is 0 Å². The lowest BCUT2D eigenvalue weighted by Crippen LogP contribution is -2.28. The van der Waals surface area contributed by atoms with Crippen molar-refractivity contribution in [2.75, 3.05) is 26.2 Å². The molecule has 0 bridgehead atoms. The molecular formula is C21H20N2O3. The Bertz CT molecular complexity index is 921. The molecule has 5 nitrogen and oxygen atoms in total. The molecule has 0 spiro atoms. The van der Waals surface area contributed by atoms with Crippen LogP contribution in [0.3, 0.4) is 0 Å². The van der Waals surface area contributed by atoms with Gasteiger partial charge in [-0.25, -0.2) is 0 Å². The lowest BCUT2D eigenvalue weighted by molar-refractivity contribution is 0.0930. The quantitative estimate of drug-likeness (QED) is 0.830. The van der Waals surface area contributed by atoms with Gasteiger partial charge in [-0.15, -0.1) is 0 Å². The van der Waals surface area contributed by atoms with Gasteiger partial charge in [0.1, 0.15) is 5.75 Å². The number of nitrogens with one attached hydrogen (secondary N) is 2. The summed E-state index contributed by atoms with van der Waals surface area (Å²) in [6.45, 7) is 3.02. The predicted molar refractivity (Wildman–Crippen MR) is 97.8 cm³/mol. The number of carbonyl (C=O) groups excluding carboxylic acids is 2. The van der Waals surface area contributed by atoms with E-state index in [4.69, 9.17) is 4.74 Å². The molecule has 1 amide bonds. The third kappa shape index (κ3) is 2.42. The van der Waals surface area contributed by atoms with Crippen LogP contribution in [-0.2, 0) is 0 Å². The molecule has 5 rings (SSSR count). The highest BCUT2D eigenvalue weighted by molar-refractivity contribution is 6.01. The summed E-state index contributed by atoms with van der Waals surface area (Å²) in [6, 6.07) is 11.8. The summed E-state index contributed by atoms with van der Waals surface area (Å²) in [5.41, 5.74) is 4.39. The molecule has 3 heterocycles. The highest BCUT2D eigenvalue weighted by atomic mass is 16.5. The summed E-state index contributed by atoms with van der Waals surface area (Å²) in [6.07, 6.45) is 0.416. The number of ether oxygens (including phenoxy) is 1. The molecule has 0 saturated carbocycles. The highest BCUT2D eigenvalue weighted by Crippen LogP contribution is 2.36. The molecule has 132 valence electrons. The fourth-order valence-corrected chi connectivity index (χ4v) is 4.33. The van der Waals surface area contributed by atoms with E-state index in [0.29, 0.717) is 42.7 Å². The molecule has 0 radical (unpaired) electrons. The van der Waals surface area contributed by atoms with Gasteiger partial charge in [0.2, 0.25) is 0 Å². The molecule has 2 aromatic rings. The Hall–Kier alpha value is -2.66. The third-order valence-corrected chi connectivity index (χ3v) is 5.76. The zero-order chi connectivity index (χ0) is 17.7. The molecule has 3 aliphatic heterocycles. The first kappa shape index (κ1) is 15.6. The van der Waals surface area contributed by atoms with E-state index in [1.54, 1.807) is 0 Å². The predicted octanol–water partition coefficient (Wildman–Crippen LogP) is 2.37. The van der Waals surface area contributed by atoms with Gasteiger partial charge in [-0.3, -0.25) is 9.59 Å². The maximum absolute atomic E-state index is 12.6. The second-order valence-corrected chi connectivity index (χ2v) is 7.27. The summed E-state index contributed by atoms with van der Waals surface area (Å²) in [7, 11) is 0. The van der Waals surface area contributed by atoms with E-state index in [1.807, 2.05) is 24.3 Å². The minimum Gasteiger partial charge on any atom is -0.492 e. The summed E-state index contributed by atoms with van der Waals surface area (Å²) < 4.78 is 5.56. The van der Waals surface area contributed by atoms with Crippen LogP contribution < -0.4 is 15.4 Å². The first-order valence-corrected chi connectivity index (χ1v) is 9.14. The molecule has 1 fully saturated rings. The largest absolute Gasteiger partial charge is 0.492 e. The SMILES string of the molecule is O=C1CCOc2ccc(-c3ccc4c(c3)C(=O)NC[C@H]3CNC[C@H]43)cc21. The number of Topliss-reactive ketones (excluding diaryl/α,β-unsaturated/α-hetero) is 1. The van der Waals surface area contributed by atoms with E-state index in [-0.39, 0.29) is 11.7 Å². The van der Waals surface area contributed by atoms with Crippen LogP contribution in [-0.4, -0.2) is 37.9 Å². The van der Waals surface area contributed by atoms with Gasteiger partial charge in [-0.05, 0) is 40.8 Å². The number of ketones is 1. The van der Waals surface area contributed by atoms with Gasteiger partial charge >= 0.3 is 0 Å². The average molecular weight is 348 g/mol. The van der Waals surface area contributed by atoms with Crippen LogP contribution in [0.25, 0.3) is 11.1 Å². The van der Waals surface area contributed by atoms with Crippen LogP contribution in [0.5, 0.6) is 5.75 Å². The summed E-state index contributed by atoms with van der Waals surface area (Å²) >= 11 is 0. The van der Waals surface area contributed by atoms with Crippen LogP contribution in [0.1, 0.15) is 38.6 Å². The van der Waals surface area contributed by atoms with E-state index in [0.717, 1.165) is 35.3 Å². The zero-order valence-electron chi connectivity index (χ0n) is 14.4. The molecular weight excluding hydrogens is 328 g/mol. The topological polar surface area (TPSA) is 67.4 Å². The van der Waals surface area contributed by atoms with Crippen LogP contribution in [0.2, 0.25) is 0 Å². The number of benzene rings is 2. The van der Waals surface area contributed by atoms with Crippen LogP contribution >= 0.6 is 0 Å². The van der Waals surface area contributed by atoms with Crippen molar-refractivity contribution in [3.63, 3.8) is 0 Å². The minimum absolute atomic E-state index is 0.00591. The van der Waals surface area contributed by atoms with Crippen molar-refractivity contribution in [1.29, 1.82) is 0 Å². The van der Waals surface area contributed by atoms with Crippen LogP contribution in [0, 0.1) is 5.92 Å². The standard InChI is InChI=1S/C21H20N2O3/c24-19-5-6-26-20-4-2-13(8-17(19)20)12-1-3-15-16(7-12)21(25)23-10-14-9-22-11-18(14)15/h1-4,7-8,14,18,22H,5-6,9-11H2,(H,23,25)/t14-,18+/m1/s1. The van der Waals surface area contributed by atoms with Crippen molar-refractivity contribution in [3.05, 3.63) is 53.1 Å². The molecule has 2 aromatic carbocycles. The number of rotatable bonds is 1. The van der Waals surface area contributed by atoms with Gasteiger partial charge in [0, 0.05) is 37.5 Å². The lowest BCUT2D eigenvalue weighted by atomic mass is 9.86. The Labute approximate surface area is 151 Å². The van der Waals surface area contributed by atoms with Gasteiger partial charge < -0.3 is 15.4 Å². The number of hydrogen-bond acceptors (Lipinski definition) is 4. The van der Waals surface area contributed by atoms with Gasteiger partial charge in [0.05, 0.1) is 12.2 Å². The monoisotopic (exact) mass is 348 g/mol. The van der Waals surface area contributed by atoms with Gasteiger partial charge in [0.25, 0.3) is 5.91 Å². The molecule has 3 aliphatic rings.